The molecular weight excluding hydrogens is 260 g/mol. The molecule has 1 heterocycles. The zero-order valence-electron chi connectivity index (χ0n) is 9.21. The molecule has 2 N–H and O–H groups in total. The number of hydrogen-bond acceptors (Lipinski definition) is 5. The fourth-order valence-electron chi connectivity index (χ4n) is 1.06. The van der Waals surface area contributed by atoms with Gasteiger partial charge in [-0.25, -0.2) is 4.79 Å². The third-order valence-corrected chi connectivity index (χ3v) is 3.03. The lowest BCUT2D eigenvalue weighted by molar-refractivity contribution is -0.118. The highest BCUT2D eigenvalue weighted by Gasteiger charge is 2.16. The van der Waals surface area contributed by atoms with Crippen molar-refractivity contribution in [3.05, 3.63) is 17.9 Å². The number of nitrogens with zero attached hydrogens (tertiary/aromatic N) is 1. The van der Waals surface area contributed by atoms with E-state index in [1.165, 1.54) is 12.1 Å². The minimum Gasteiger partial charge on any atom is -0.475 e. The first kappa shape index (κ1) is 13.9. The van der Waals surface area contributed by atoms with Crippen LogP contribution in [0.1, 0.15) is 17.0 Å². The second-order valence-electron chi connectivity index (χ2n) is 3.17. The topological polar surface area (TPSA) is 120 Å². The molecule has 7 nitrogen and oxygen atoms in total. The van der Waals surface area contributed by atoms with Crippen molar-refractivity contribution >= 4 is 22.7 Å². The molecule has 0 aliphatic heterocycles. The minimum atomic E-state index is -1.74. The predicted octanol–water partition coefficient (Wildman–Crippen LogP) is 0.115. The number of carbonyl (C=O) groups is 2. The van der Waals surface area contributed by atoms with E-state index in [1.54, 1.807) is 0 Å². The maximum atomic E-state index is 11.6. The Morgan fingerprint density at radius 2 is 2.22 bits per heavy atom. The highest BCUT2D eigenvalue weighted by atomic mass is 32.2. The summed E-state index contributed by atoms with van der Waals surface area (Å²) in [6, 6.07) is 4.27. The number of nitriles is 1. The predicted molar refractivity (Wildman–Crippen MR) is 60.2 cm³/mol. The normalized spacial score (nSPS) is 11.5. The maximum absolute atomic E-state index is 11.6. The standard InChI is InChI=1S/C10H10N2O5S/c11-4-1-5-12-8(13)6-18(16)9-3-2-7(17-9)10(14)15/h2-3H,1,5-6H2,(H,12,13)(H,14,15). The van der Waals surface area contributed by atoms with Crippen LogP contribution in [0.4, 0.5) is 0 Å². The fraction of sp³-hybridized carbons (Fsp3) is 0.300. The average molecular weight is 270 g/mol. The van der Waals surface area contributed by atoms with E-state index in [0.717, 1.165) is 0 Å². The van der Waals surface area contributed by atoms with Crippen LogP contribution in [0.5, 0.6) is 0 Å². The summed E-state index contributed by atoms with van der Waals surface area (Å²) in [5.41, 5.74) is 0. The first-order chi connectivity index (χ1) is 8.54. The second-order valence-corrected chi connectivity index (χ2v) is 4.55. The number of carboxylic acid groups (broad SMARTS) is 1. The molecule has 0 bridgehead atoms. The zero-order chi connectivity index (χ0) is 13.5. The van der Waals surface area contributed by atoms with Crippen LogP contribution in [0.3, 0.4) is 0 Å². The van der Waals surface area contributed by atoms with Crippen molar-refractivity contribution in [1.82, 2.24) is 5.32 Å². The van der Waals surface area contributed by atoms with Crippen molar-refractivity contribution in [3.63, 3.8) is 0 Å². The number of rotatable bonds is 6. The molecule has 0 saturated heterocycles. The lowest BCUT2D eigenvalue weighted by Gasteiger charge is -2.00. The van der Waals surface area contributed by atoms with Crippen molar-refractivity contribution < 1.29 is 23.3 Å². The van der Waals surface area contributed by atoms with Gasteiger partial charge in [-0.2, -0.15) is 5.26 Å². The molecule has 0 radical (unpaired) electrons. The van der Waals surface area contributed by atoms with Crippen molar-refractivity contribution in [1.29, 1.82) is 5.26 Å². The molecule has 0 spiro atoms. The summed E-state index contributed by atoms with van der Waals surface area (Å²) >= 11 is 0. The average Bonchev–Trinajstić information content (AvgIpc) is 2.78. The quantitative estimate of drug-likeness (QED) is 0.708. The van der Waals surface area contributed by atoms with Gasteiger partial charge in [0, 0.05) is 6.54 Å². The Morgan fingerprint density at radius 3 is 2.78 bits per heavy atom. The van der Waals surface area contributed by atoms with Crippen LogP contribution in [0.25, 0.3) is 0 Å². The van der Waals surface area contributed by atoms with Gasteiger partial charge in [0.05, 0.1) is 23.3 Å². The molecule has 1 unspecified atom stereocenters. The van der Waals surface area contributed by atoms with Gasteiger partial charge in [-0.05, 0) is 12.1 Å². The molecular formula is C10H10N2O5S. The molecule has 1 amide bonds. The molecule has 0 fully saturated rings. The molecule has 0 saturated carbocycles. The van der Waals surface area contributed by atoms with Crippen LogP contribution >= 0.6 is 0 Å². The zero-order valence-corrected chi connectivity index (χ0v) is 10.0. The molecule has 0 aromatic carbocycles. The van der Waals surface area contributed by atoms with Crippen LogP contribution in [-0.2, 0) is 15.6 Å². The van der Waals surface area contributed by atoms with Crippen LogP contribution < -0.4 is 5.32 Å². The van der Waals surface area contributed by atoms with E-state index in [-0.39, 0.29) is 29.6 Å². The molecule has 1 aromatic rings. The van der Waals surface area contributed by atoms with Crippen LogP contribution in [0.15, 0.2) is 21.6 Å². The van der Waals surface area contributed by atoms with Gasteiger partial charge in [-0.1, -0.05) is 0 Å². The van der Waals surface area contributed by atoms with Crippen molar-refractivity contribution in [3.8, 4) is 6.07 Å². The van der Waals surface area contributed by atoms with E-state index < -0.39 is 22.7 Å². The molecule has 0 aliphatic rings. The molecule has 96 valence electrons. The van der Waals surface area contributed by atoms with Gasteiger partial charge in [0.25, 0.3) is 0 Å². The van der Waals surface area contributed by atoms with Crippen molar-refractivity contribution in [2.24, 2.45) is 0 Å². The largest absolute Gasteiger partial charge is 0.475 e. The Morgan fingerprint density at radius 1 is 1.50 bits per heavy atom. The summed E-state index contributed by atoms with van der Waals surface area (Å²) in [6.07, 6.45) is 0.169. The van der Waals surface area contributed by atoms with Gasteiger partial charge in [0.1, 0.15) is 5.75 Å². The van der Waals surface area contributed by atoms with Crippen molar-refractivity contribution in [2.75, 3.05) is 12.3 Å². The van der Waals surface area contributed by atoms with Gasteiger partial charge in [-0.3, -0.25) is 9.00 Å². The number of nitrogens with one attached hydrogen (secondary N) is 1. The molecule has 18 heavy (non-hydrogen) atoms. The molecule has 1 rings (SSSR count). The summed E-state index contributed by atoms with van der Waals surface area (Å²) in [6.45, 7) is 0.186. The van der Waals surface area contributed by atoms with Gasteiger partial charge < -0.3 is 14.8 Å². The first-order valence-corrected chi connectivity index (χ1v) is 6.21. The SMILES string of the molecule is N#CCCNC(=O)CS(=O)c1ccc(C(=O)O)o1. The minimum absolute atomic E-state index is 0.0668. The summed E-state index contributed by atoms with van der Waals surface area (Å²) in [7, 11) is -1.74. The highest BCUT2D eigenvalue weighted by molar-refractivity contribution is 7.85. The molecule has 0 aliphatic carbocycles. The van der Waals surface area contributed by atoms with Crippen LogP contribution in [0, 0.1) is 11.3 Å². The number of amides is 1. The van der Waals surface area contributed by atoms with Crippen molar-refractivity contribution in [2.45, 2.75) is 11.5 Å². The Balaban J connectivity index is 2.52. The third-order valence-electron chi connectivity index (χ3n) is 1.84. The summed E-state index contributed by atoms with van der Waals surface area (Å²) in [4.78, 5) is 21.8. The van der Waals surface area contributed by atoms with E-state index in [4.69, 9.17) is 14.8 Å². The first-order valence-electron chi connectivity index (χ1n) is 4.89. The lowest BCUT2D eigenvalue weighted by atomic mass is 10.4. The Hall–Kier alpha value is -2.14. The van der Waals surface area contributed by atoms with Crippen LogP contribution in [0.2, 0.25) is 0 Å². The van der Waals surface area contributed by atoms with E-state index in [2.05, 4.69) is 5.32 Å². The van der Waals surface area contributed by atoms with E-state index >= 15 is 0 Å². The monoisotopic (exact) mass is 270 g/mol. The Bertz CT molecular complexity index is 517. The summed E-state index contributed by atoms with van der Waals surface area (Å²) < 4.78 is 16.4. The number of carboxylic acids is 1. The van der Waals surface area contributed by atoms with E-state index in [9.17, 15) is 13.8 Å². The lowest BCUT2D eigenvalue weighted by Crippen LogP contribution is -2.28. The number of aromatic carboxylic acids is 1. The van der Waals surface area contributed by atoms with Crippen LogP contribution in [-0.4, -0.2) is 33.5 Å². The molecule has 1 aromatic heterocycles. The van der Waals surface area contributed by atoms with Gasteiger partial charge >= 0.3 is 5.97 Å². The maximum Gasteiger partial charge on any atom is 0.371 e. The van der Waals surface area contributed by atoms with E-state index in [0.29, 0.717) is 0 Å². The van der Waals surface area contributed by atoms with E-state index in [1.807, 2.05) is 6.07 Å². The number of furan rings is 1. The number of carbonyl (C=O) groups excluding carboxylic acids is 1. The Labute approximate surface area is 105 Å². The summed E-state index contributed by atoms with van der Waals surface area (Å²) in [5, 5.41) is 19.2. The molecule has 8 heteroatoms. The molecule has 1 atom stereocenters. The van der Waals surface area contributed by atoms with Gasteiger partial charge in [0.15, 0.2) is 5.09 Å². The highest BCUT2D eigenvalue weighted by Crippen LogP contribution is 2.12. The fourth-order valence-corrected chi connectivity index (χ4v) is 1.94. The second kappa shape index (κ2) is 6.56. The third kappa shape index (κ3) is 4.03. The van der Waals surface area contributed by atoms with Gasteiger partial charge in [0.2, 0.25) is 11.7 Å². The smallest absolute Gasteiger partial charge is 0.371 e. The Kier molecular flexibility index (Phi) is 5.07. The number of hydrogen-bond donors (Lipinski definition) is 2. The summed E-state index contributed by atoms with van der Waals surface area (Å²) in [5.74, 6) is -2.42. The van der Waals surface area contributed by atoms with Gasteiger partial charge in [-0.15, -0.1) is 0 Å².